The lowest BCUT2D eigenvalue weighted by Crippen LogP contribution is -2.27. The Morgan fingerprint density at radius 1 is 0.971 bits per heavy atom. The van der Waals surface area contributed by atoms with Crippen molar-refractivity contribution in [2.75, 3.05) is 18.1 Å². The first-order valence-electron chi connectivity index (χ1n) is 10.2. The van der Waals surface area contributed by atoms with E-state index >= 15 is 0 Å². The molecule has 186 valence electrons. The lowest BCUT2D eigenvalue weighted by atomic mass is 10.0. The van der Waals surface area contributed by atoms with Gasteiger partial charge in [-0.3, -0.25) is 0 Å². The minimum atomic E-state index is -4.99. The van der Waals surface area contributed by atoms with Gasteiger partial charge in [0.15, 0.2) is 5.69 Å². The number of alkyl halides is 6. The maximum absolute atomic E-state index is 13.6. The second kappa shape index (κ2) is 10.6. The SMILES string of the molecule is O=C(O)c1cccc(OCCCN(Cc2ccc(C(F)(F)F)cc2C(F)(F)F)c2ccccn2)n1. The van der Waals surface area contributed by atoms with Gasteiger partial charge in [-0.15, -0.1) is 0 Å². The smallest absolute Gasteiger partial charge is 0.416 e. The monoisotopic (exact) mass is 499 g/mol. The van der Waals surface area contributed by atoms with E-state index in [2.05, 4.69) is 9.97 Å². The van der Waals surface area contributed by atoms with Gasteiger partial charge in [-0.2, -0.15) is 26.3 Å². The summed E-state index contributed by atoms with van der Waals surface area (Å²) >= 11 is 0. The number of anilines is 1. The highest BCUT2D eigenvalue weighted by molar-refractivity contribution is 5.85. The van der Waals surface area contributed by atoms with E-state index in [1.807, 2.05) is 0 Å². The van der Waals surface area contributed by atoms with Crippen molar-refractivity contribution >= 4 is 11.8 Å². The number of hydrogen-bond acceptors (Lipinski definition) is 5. The molecule has 0 fully saturated rings. The Kier molecular flexibility index (Phi) is 7.82. The molecule has 0 amide bonds. The van der Waals surface area contributed by atoms with Gasteiger partial charge in [0.2, 0.25) is 5.88 Å². The third kappa shape index (κ3) is 7.08. The molecule has 0 spiro atoms. The van der Waals surface area contributed by atoms with Crippen molar-refractivity contribution in [1.29, 1.82) is 0 Å². The van der Waals surface area contributed by atoms with E-state index in [0.717, 1.165) is 6.07 Å². The van der Waals surface area contributed by atoms with Crippen LogP contribution >= 0.6 is 0 Å². The molecule has 2 aromatic heterocycles. The molecule has 0 aliphatic heterocycles. The van der Waals surface area contributed by atoms with Crippen LogP contribution in [0.25, 0.3) is 0 Å². The Bertz CT molecular complexity index is 1150. The molecule has 1 aromatic carbocycles. The molecule has 0 saturated carbocycles. The number of carbonyl (C=O) groups is 1. The van der Waals surface area contributed by atoms with Crippen LogP contribution in [0.3, 0.4) is 0 Å². The van der Waals surface area contributed by atoms with Gasteiger partial charge in [-0.05, 0) is 42.3 Å². The van der Waals surface area contributed by atoms with Crippen molar-refractivity contribution in [1.82, 2.24) is 9.97 Å². The molecule has 0 aliphatic carbocycles. The molecule has 12 heteroatoms. The van der Waals surface area contributed by atoms with Gasteiger partial charge in [0, 0.05) is 25.4 Å². The Labute approximate surface area is 195 Å². The second-order valence-corrected chi connectivity index (χ2v) is 7.35. The van der Waals surface area contributed by atoms with Gasteiger partial charge in [0.25, 0.3) is 0 Å². The highest BCUT2D eigenvalue weighted by atomic mass is 19.4. The highest BCUT2D eigenvalue weighted by Crippen LogP contribution is 2.38. The van der Waals surface area contributed by atoms with E-state index in [4.69, 9.17) is 9.84 Å². The van der Waals surface area contributed by atoms with Gasteiger partial charge in [0.1, 0.15) is 5.82 Å². The maximum atomic E-state index is 13.6. The standard InChI is InChI=1S/C23H19F6N3O3/c24-22(25,26)16-9-8-15(17(13-16)23(27,28)29)14-32(19-6-1-2-10-30-19)11-4-12-35-20-7-3-5-18(31-20)21(33)34/h1-3,5-10,13H,4,11-12,14H2,(H,33,34). The van der Waals surface area contributed by atoms with Crippen LogP contribution in [0.1, 0.15) is 33.6 Å². The first-order valence-corrected chi connectivity index (χ1v) is 10.2. The number of rotatable bonds is 9. The summed E-state index contributed by atoms with van der Waals surface area (Å²) in [5.41, 5.74) is -3.31. The van der Waals surface area contributed by atoms with Crippen LogP contribution in [-0.2, 0) is 18.9 Å². The number of carboxylic acid groups (broad SMARTS) is 1. The molecule has 3 rings (SSSR count). The predicted octanol–water partition coefficient (Wildman–Crippen LogP) is 5.69. The van der Waals surface area contributed by atoms with E-state index in [9.17, 15) is 31.1 Å². The van der Waals surface area contributed by atoms with Gasteiger partial charge in [0.05, 0.1) is 17.7 Å². The fourth-order valence-electron chi connectivity index (χ4n) is 3.22. The van der Waals surface area contributed by atoms with Crippen LogP contribution < -0.4 is 9.64 Å². The molecule has 0 bridgehead atoms. The number of benzene rings is 1. The topological polar surface area (TPSA) is 75.6 Å². The van der Waals surface area contributed by atoms with Crippen LogP contribution in [0.2, 0.25) is 0 Å². The minimum Gasteiger partial charge on any atom is -0.478 e. The van der Waals surface area contributed by atoms with Gasteiger partial charge in [-0.25, -0.2) is 14.8 Å². The Morgan fingerprint density at radius 3 is 2.37 bits per heavy atom. The van der Waals surface area contributed by atoms with Crippen LogP contribution in [0.15, 0.2) is 60.8 Å². The summed E-state index contributed by atoms with van der Waals surface area (Å²) < 4.78 is 85.2. The molecule has 0 atom stereocenters. The Morgan fingerprint density at radius 2 is 1.74 bits per heavy atom. The van der Waals surface area contributed by atoms with Crippen molar-refractivity contribution in [2.24, 2.45) is 0 Å². The van der Waals surface area contributed by atoms with Gasteiger partial charge < -0.3 is 14.7 Å². The van der Waals surface area contributed by atoms with E-state index in [1.54, 1.807) is 18.2 Å². The highest BCUT2D eigenvalue weighted by Gasteiger charge is 2.38. The number of ether oxygens (including phenoxy) is 1. The molecule has 3 aromatic rings. The lowest BCUT2D eigenvalue weighted by Gasteiger charge is -2.26. The second-order valence-electron chi connectivity index (χ2n) is 7.35. The summed E-state index contributed by atoms with van der Waals surface area (Å²) in [6, 6.07) is 10.6. The zero-order valence-electron chi connectivity index (χ0n) is 18.0. The fraction of sp³-hybridized carbons (Fsp3) is 0.261. The summed E-state index contributed by atoms with van der Waals surface area (Å²) in [5.74, 6) is -0.836. The third-order valence-corrected chi connectivity index (χ3v) is 4.84. The number of pyridine rings is 2. The lowest BCUT2D eigenvalue weighted by molar-refractivity contribution is -0.143. The summed E-state index contributed by atoms with van der Waals surface area (Å²) in [5, 5.41) is 8.99. The van der Waals surface area contributed by atoms with Crippen LogP contribution in [0.4, 0.5) is 32.2 Å². The molecular formula is C23H19F6N3O3. The zero-order chi connectivity index (χ0) is 25.6. The molecule has 0 saturated heterocycles. The maximum Gasteiger partial charge on any atom is 0.416 e. The zero-order valence-corrected chi connectivity index (χ0v) is 18.0. The Hall–Kier alpha value is -3.83. The average molecular weight is 499 g/mol. The number of halogens is 6. The summed E-state index contributed by atoms with van der Waals surface area (Å²) in [6.45, 7) is -0.150. The van der Waals surface area contributed by atoms with Crippen molar-refractivity contribution in [3.05, 3.63) is 83.2 Å². The predicted molar refractivity (Wildman–Crippen MR) is 113 cm³/mol. The van der Waals surface area contributed by atoms with Crippen LogP contribution in [0.5, 0.6) is 5.88 Å². The van der Waals surface area contributed by atoms with Crippen LogP contribution in [-0.4, -0.2) is 34.2 Å². The average Bonchev–Trinajstić information content (AvgIpc) is 2.80. The van der Waals surface area contributed by atoms with Crippen LogP contribution in [0, 0.1) is 0 Å². The number of aromatic carboxylic acids is 1. The summed E-state index contributed by atoms with van der Waals surface area (Å²) in [7, 11) is 0. The molecule has 0 aliphatic rings. The first kappa shape index (κ1) is 25.8. The number of carboxylic acids is 1. The molecular weight excluding hydrogens is 480 g/mol. The van der Waals surface area contributed by atoms with E-state index < -0.39 is 29.4 Å². The quantitative estimate of drug-likeness (QED) is 0.301. The molecule has 6 nitrogen and oxygen atoms in total. The molecule has 1 N–H and O–H groups in total. The largest absolute Gasteiger partial charge is 0.478 e. The van der Waals surface area contributed by atoms with Crippen molar-refractivity contribution < 1.29 is 41.0 Å². The van der Waals surface area contributed by atoms with E-state index in [1.165, 1.54) is 29.3 Å². The summed E-state index contributed by atoms with van der Waals surface area (Å²) in [6.07, 6.45) is -8.19. The van der Waals surface area contributed by atoms with Gasteiger partial charge >= 0.3 is 18.3 Å². The van der Waals surface area contributed by atoms with Gasteiger partial charge in [-0.1, -0.05) is 18.2 Å². The molecule has 0 radical (unpaired) electrons. The molecule has 2 heterocycles. The van der Waals surface area contributed by atoms with E-state index in [0.29, 0.717) is 11.9 Å². The Balaban J connectivity index is 1.78. The van der Waals surface area contributed by atoms with Crippen molar-refractivity contribution in [2.45, 2.75) is 25.3 Å². The normalized spacial score (nSPS) is 11.8. The number of nitrogens with zero attached hydrogens (tertiary/aromatic N) is 3. The number of hydrogen-bond donors (Lipinski definition) is 1. The molecule has 35 heavy (non-hydrogen) atoms. The number of aromatic nitrogens is 2. The fourth-order valence-corrected chi connectivity index (χ4v) is 3.22. The van der Waals surface area contributed by atoms with Crippen molar-refractivity contribution in [3.63, 3.8) is 0 Å². The van der Waals surface area contributed by atoms with Crippen molar-refractivity contribution in [3.8, 4) is 5.88 Å². The minimum absolute atomic E-state index is 0.0541. The summed E-state index contributed by atoms with van der Waals surface area (Å²) in [4.78, 5) is 20.4. The van der Waals surface area contributed by atoms with E-state index in [-0.39, 0.29) is 49.3 Å². The molecule has 0 unspecified atom stereocenters. The first-order chi connectivity index (χ1) is 16.4. The third-order valence-electron chi connectivity index (χ3n) is 4.84.